The number of halogens is 1. The first-order valence-electron chi connectivity index (χ1n) is 8.15. The van der Waals surface area contributed by atoms with Crippen LogP contribution in [0.1, 0.15) is 25.5 Å². The number of aryl methyl sites for hydroxylation is 1. The summed E-state index contributed by atoms with van der Waals surface area (Å²) in [6.07, 6.45) is 1.78. The predicted molar refractivity (Wildman–Crippen MR) is 105 cm³/mol. The van der Waals surface area contributed by atoms with Gasteiger partial charge in [-0.2, -0.15) is 15.1 Å². The molecule has 7 nitrogen and oxygen atoms in total. The molecule has 3 aromatic rings. The van der Waals surface area contributed by atoms with Crippen molar-refractivity contribution in [1.82, 2.24) is 19.7 Å². The van der Waals surface area contributed by atoms with E-state index in [0.717, 1.165) is 26.9 Å². The van der Waals surface area contributed by atoms with E-state index >= 15 is 0 Å². The van der Waals surface area contributed by atoms with Crippen LogP contribution in [-0.4, -0.2) is 32.3 Å². The third-order valence-electron chi connectivity index (χ3n) is 3.80. The van der Waals surface area contributed by atoms with E-state index in [1.807, 2.05) is 31.3 Å². The summed E-state index contributed by atoms with van der Waals surface area (Å²) in [7, 11) is 1.87. The van der Waals surface area contributed by atoms with Crippen LogP contribution in [-0.2, 0) is 7.05 Å². The van der Waals surface area contributed by atoms with Crippen LogP contribution in [0.5, 0.6) is 0 Å². The number of rotatable bonds is 6. The molecular weight excluding hydrogens is 382 g/mol. The van der Waals surface area contributed by atoms with Gasteiger partial charge in [0.1, 0.15) is 5.82 Å². The molecule has 0 spiro atoms. The van der Waals surface area contributed by atoms with Gasteiger partial charge in [0.05, 0.1) is 11.6 Å². The Labute approximate surface area is 155 Å². The van der Waals surface area contributed by atoms with Gasteiger partial charge in [-0.25, -0.2) is 0 Å². The maximum absolute atomic E-state index is 6.27. The number of hydrogen-bond donors (Lipinski definition) is 3. The van der Waals surface area contributed by atoms with Crippen LogP contribution in [0.3, 0.4) is 0 Å². The molecule has 25 heavy (non-hydrogen) atoms. The average Bonchev–Trinajstić information content (AvgIpc) is 2.94. The van der Waals surface area contributed by atoms with Crippen molar-refractivity contribution in [3.63, 3.8) is 0 Å². The molecule has 0 saturated heterocycles. The highest BCUT2D eigenvalue weighted by molar-refractivity contribution is 9.10. The lowest BCUT2D eigenvalue weighted by Crippen LogP contribution is -2.22. The monoisotopic (exact) mass is 403 g/mol. The number of aromatic nitrogens is 4. The molecule has 0 aliphatic rings. The molecule has 0 radical (unpaired) electrons. The zero-order chi connectivity index (χ0) is 18.0. The molecule has 0 aliphatic heterocycles. The van der Waals surface area contributed by atoms with Crippen molar-refractivity contribution in [2.45, 2.75) is 25.9 Å². The topological polar surface area (TPSA) is 93.7 Å². The summed E-state index contributed by atoms with van der Waals surface area (Å²) >= 11 is 3.43. The molecule has 3 rings (SSSR count). The van der Waals surface area contributed by atoms with E-state index in [4.69, 9.17) is 5.73 Å². The Morgan fingerprint density at radius 3 is 2.60 bits per heavy atom. The van der Waals surface area contributed by atoms with Crippen molar-refractivity contribution < 1.29 is 0 Å². The van der Waals surface area contributed by atoms with Crippen molar-refractivity contribution in [3.8, 4) is 0 Å². The quantitative estimate of drug-likeness (QED) is 0.585. The zero-order valence-corrected chi connectivity index (χ0v) is 16.1. The Balaban J connectivity index is 1.80. The minimum Gasteiger partial charge on any atom is -0.367 e. The van der Waals surface area contributed by atoms with Crippen LogP contribution in [0.15, 0.2) is 34.9 Å². The number of nitrogens with zero attached hydrogens (tertiary/aromatic N) is 4. The highest BCUT2D eigenvalue weighted by Crippen LogP contribution is 2.22. The molecule has 1 aromatic carbocycles. The van der Waals surface area contributed by atoms with Crippen LogP contribution in [0, 0.1) is 0 Å². The lowest BCUT2D eigenvalue weighted by Gasteiger charge is -2.15. The van der Waals surface area contributed by atoms with Crippen molar-refractivity contribution in [2.24, 2.45) is 12.8 Å². The number of nitrogens with one attached hydrogen (secondary N) is 2. The Kier molecular flexibility index (Phi) is 5.19. The highest BCUT2D eigenvalue weighted by Gasteiger charge is 2.13. The van der Waals surface area contributed by atoms with Crippen molar-refractivity contribution in [1.29, 1.82) is 0 Å². The molecule has 2 heterocycles. The maximum atomic E-state index is 6.27. The van der Waals surface area contributed by atoms with E-state index in [2.05, 4.69) is 55.5 Å². The van der Waals surface area contributed by atoms with Crippen LogP contribution in [0.4, 0.5) is 11.8 Å². The smallest absolute Gasteiger partial charge is 0.226 e. The summed E-state index contributed by atoms with van der Waals surface area (Å²) in [5, 5.41) is 11.8. The molecule has 0 aliphatic carbocycles. The number of hydrogen-bond acceptors (Lipinski definition) is 6. The summed E-state index contributed by atoms with van der Waals surface area (Å²) in [5.74, 6) is 1.31. The Morgan fingerprint density at radius 1 is 1.20 bits per heavy atom. The lowest BCUT2D eigenvalue weighted by atomic mass is 10.1. The van der Waals surface area contributed by atoms with E-state index in [1.165, 1.54) is 0 Å². The van der Waals surface area contributed by atoms with Gasteiger partial charge in [0.25, 0.3) is 0 Å². The molecule has 8 heteroatoms. The van der Waals surface area contributed by atoms with Crippen LogP contribution >= 0.6 is 15.9 Å². The second kappa shape index (κ2) is 7.37. The lowest BCUT2D eigenvalue weighted by molar-refractivity contribution is 0.755. The summed E-state index contributed by atoms with van der Waals surface area (Å²) < 4.78 is 2.77. The first-order valence-corrected chi connectivity index (χ1v) is 8.94. The van der Waals surface area contributed by atoms with Gasteiger partial charge in [0.15, 0.2) is 5.65 Å². The number of fused-ring (bicyclic) bond motifs is 1. The van der Waals surface area contributed by atoms with Crippen LogP contribution < -0.4 is 16.4 Å². The van der Waals surface area contributed by atoms with Gasteiger partial charge in [0, 0.05) is 30.1 Å². The number of nitrogens with two attached hydrogens (primary N) is 1. The van der Waals surface area contributed by atoms with Crippen LogP contribution in [0.2, 0.25) is 0 Å². The summed E-state index contributed by atoms with van der Waals surface area (Å²) in [6.45, 7) is 4.67. The van der Waals surface area contributed by atoms with Crippen molar-refractivity contribution >= 4 is 38.7 Å². The van der Waals surface area contributed by atoms with Gasteiger partial charge in [-0.3, -0.25) is 4.68 Å². The van der Waals surface area contributed by atoms with Gasteiger partial charge in [-0.1, -0.05) is 28.1 Å². The Hall–Kier alpha value is -2.19. The van der Waals surface area contributed by atoms with Crippen molar-refractivity contribution in [3.05, 3.63) is 40.5 Å². The fourth-order valence-electron chi connectivity index (χ4n) is 2.51. The van der Waals surface area contributed by atoms with Gasteiger partial charge >= 0.3 is 0 Å². The van der Waals surface area contributed by atoms with Gasteiger partial charge in [0.2, 0.25) is 5.95 Å². The molecule has 132 valence electrons. The number of anilines is 2. The van der Waals surface area contributed by atoms with Gasteiger partial charge in [-0.15, -0.1) is 0 Å². The van der Waals surface area contributed by atoms with E-state index in [9.17, 15) is 0 Å². The molecule has 4 N–H and O–H groups in total. The van der Waals surface area contributed by atoms with Crippen molar-refractivity contribution in [2.75, 3.05) is 17.2 Å². The molecule has 0 saturated carbocycles. The molecule has 2 aromatic heterocycles. The number of benzene rings is 1. The fourth-order valence-corrected chi connectivity index (χ4v) is 2.78. The first-order chi connectivity index (χ1) is 11.9. The van der Waals surface area contributed by atoms with Gasteiger partial charge in [-0.05, 0) is 31.5 Å². The SMILES string of the molecule is CC(C)Nc1nc(NCC(N)c2ccc(Br)cc2)nc2c1cnn2C. The second-order valence-corrected chi connectivity index (χ2v) is 7.15. The second-order valence-electron chi connectivity index (χ2n) is 6.24. The third-order valence-corrected chi connectivity index (χ3v) is 4.32. The largest absolute Gasteiger partial charge is 0.367 e. The zero-order valence-electron chi connectivity index (χ0n) is 14.5. The standard InChI is InChI=1S/C17H22BrN7/c1-10(2)22-15-13-8-21-25(3)16(13)24-17(23-15)20-9-14(19)11-4-6-12(18)7-5-11/h4-8,10,14H,9,19H2,1-3H3,(H2,20,22,23,24). The first kappa shape index (κ1) is 17.6. The molecular formula is C17H22BrN7. The average molecular weight is 404 g/mol. The summed E-state index contributed by atoms with van der Waals surface area (Å²) in [4.78, 5) is 9.14. The van der Waals surface area contributed by atoms with E-state index in [0.29, 0.717) is 12.5 Å². The molecule has 0 fully saturated rings. The highest BCUT2D eigenvalue weighted by atomic mass is 79.9. The molecule has 1 unspecified atom stereocenters. The maximum Gasteiger partial charge on any atom is 0.226 e. The minimum atomic E-state index is -0.152. The molecule has 0 bridgehead atoms. The Morgan fingerprint density at radius 2 is 1.92 bits per heavy atom. The van der Waals surface area contributed by atoms with E-state index in [-0.39, 0.29) is 12.1 Å². The summed E-state index contributed by atoms with van der Waals surface area (Å²) in [6, 6.07) is 8.09. The molecule has 0 amide bonds. The van der Waals surface area contributed by atoms with E-state index < -0.39 is 0 Å². The minimum absolute atomic E-state index is 0.152. The Bertz CT molecular complexity index is 857. The van der Waals surface area contributed by atoms with Gasteiger partial charge < -0.3 is 16.4 Å². The summed E-state index contributed by atoms with van der Waals surface area (Å²) in [5.41, 5.74) is 8.10. The van der Waals surface area contributed by atoms with E-state index in [1.54, 1.807) is 10.9 Å². The van der Waals surface area contributed by atoms with Crippen LogP contribution in [0.25, 0.3) is 11.0 Å². The third kappa shape index (κ3) is 4.08. The fraction of sp³-hybridized carbons (Fsp3) is 0.353. The predicted octanol–water partition coefficient (Wildman–Crippen LogP) is 3.06. The normalized spacial score (nSPS) is 12.6. The molecule has 1 atom stereocenters.